The monoisotopic (exact) mass is 263 g/mol. The fraction of sp³-hybridized carbons (Fsp3) is 0.643. The van der Waals surface area contributed by atoms with Gasteiger partial charge in [0.25, 0.3) is 0 Å². The van der Waals surface area contributed by atoms with Gasteiger partial charge in [-0.15, -0.1) is 0 Å². The van der Waals surface area contributed by atoms with Crippen LogP contribution in [0.4, 0.5) is 0 Å². The van der Waals surface area contributed by atoms with E-state index in [0.717, 1.165) is 45.7 Å². The molecule has 19 heavy (non-hydrogen) atoms. The van der Waals surface area contributed by atoms with Crippen LogP contribution in [0.15, 0.2) is 23.9 Å². The van der Waals surface area contributed by atoms with Crippen molar-refractivity contribution in [3.05, 3.63) is 29.6 Å². The summed E-state index contributed by atoms with van der Waals surface area (Å²) in [6, 6.07) is 2.28. The molecule has 104 valence electrons. The number of fused-ring (bicyclic) bond motifs is 1. The fourth-order valence-corrected chi connectivity index (χ4v) is 2.86. The molecule has 5 nitrogen and oxygen atoms in total. The van der Waals surface area contributed by atoms with Gasteiger partial charge in [0.2, 0.25) is 0 Å². The van der Waals surface area contributed by atoms with Gasteiger partial charge >= 0.3 is 0 Å². The van der Waals surface area contributed by atoms with Crippen molar-refractivity contribution in [1.82, 2.24) is 14.7 Å². The molecular weight excluding hydrogens is 242 g/mol. The molecule has 1 N–H and O–H groups in total. The summed E-state index contributed by atoms with van der Waals surface area (Å²) in [5, 5.41) is 13.9. The van der Waals surface area contributed by atoms with Crippen LogP contribution in [-0.2, 0) is 17.8 Å². The van der Waals surface area contributed by atoms with Gasteiger partial charge in [-0.2, -0.15) is 5.10 Å². The molecule has 0 aliphatic carbocycles. The van der Waals surface area contributed by atoms with Crippen molar-refractivity contribution in [2.75, 3.05) is 26.4 Å². The first-order valence-corrected chi connectivity index (χ1v) is 6.98. The molecular formula is C14H21N3O2. The van der Waals surface area contributed by atoms with E-state index < -0.39 is 0 Å². The van der Waals surface area contributed by atoms with Gasteiger partial charge in [0.15, 0.2) is 0 Å². The molecule has 0 saturated heterocycles. The molecule has 3 heterocycles. The Morgan fingerprint density at radius 1 is 1.47 bits per heavy atom. The lowest BCUT2D eigenvalue weighted by Gasteiger charge is -2.29. The fourth-order valence-electron chi connectivity index (χ4n) is 2.86. The Labute approximate surface area is 113 Å². The third-order valence-electron chi connectivity index (χ3n) is 3.96. The van der Waals surface area contributed by atoms with Gasteiger partial charge in [-0.05, 0) is 24.5 Å². The largest absolute Gasteiger partial charge is 0.395 e. The average Bonchev–Trinajstić information content (AvgIpc) is 2.81. The predicted octanol–water partition coefficient (Wildman–Crippen LogP) is 0.796. The zero-order valence-corrected chi connectivity index (χ0v) is 11.2. The zero-order chi connectivity index (χ0) is 13.1. The quantitative estimate of drug-likeness (QED) is 0.819. The summed E-state index contributed by atoms with van der Waals surface area (Å²) >= 11 is 0. The first-order valence-electron chi connectivity index (χ1n) is 6.98. The highest BCUT2D eigenvalue weighted by molar-refractivity contribution is 5.10. The van der Waals surface area contributed by atoms with E-state index in [-0.39, 0.29) is 12.6 Å². The average molecular weight is 263 g/mol. The van der Waals surface area contributed by atoms with Crippen molar-refractivity contribution >= 4 is 0 Å². The number of hydrogen-bond acceptors (Lipinski definition) is 4. The molecule has 2 aliphatic rings. The second-order valence-electron chi connectivity index (χ2n) is 5.28. The minimum Gasteiger partial charge on any atom is -0.395 e. The van der Waals surface area contributed by atoms with Crippen LogP contribution in [0.25, 0.3) is 0 Å². The lowest BCUT2D eigenvalue weighted by Crippen LogP contribution is -2.38. The maximum Gasteiger partial charge on any atom is 0.0689 e. The number of nitrogens with zero attached hydrogens (tertiary/aromatic N) is 3. The summed E-state index contributed by atoms with van der Waals surface area (Å²) in [6.07, 6.45) is 6.08. The molecule has 0 aromatic carbocycles. The van der Waals surface area contributed by atoms with Gasteiger partial charge in [0.05, 0.1) is 25.5 Å². The van der Waals surface area contributed by atoms with Gasteiger partial charge < -0.3 is 9.84 Å². The van der Waals surface area contributed by atoms with Crippen LogP contribution < -0.4 is 0 Å². The molecule has 0 amide bonds. The normalized spacial score (nSPS) is 24.7. The summed E-state index contributed by atoms with van der Waals surface area (Å²) < 4.78 is 7.55. The van der Waals surface area contributed by atoms with Crippen LogP contribution >= 0.6 is 0 Å². The summed E-state index contributed by atoms with van der Waals surface area (Å²) in [5.41, 5.74) is 2.56. The van der Waals surface area contributed by atoms with E-state index in [2.05, 4.69) is 26.8 Å². The van der Waals surface area contributed by atoms with Crippen molar-refractivity contribution in [2.45, 2.75) is 32.0 Å². The minimum atomic E-state index is 0.207. The van der Waals surface area contributed by atoms with Crippen molar-refractivity contribution in [2.24, 2.45) is 0 Å². The third-order valence-corrected chi connectivity index (χ3v) is 3.96. The first kappa shape index (κ1) is 12.8. The van der Waals surface area contributed by atoms with Gasteiger partial charge in [-0.25, -0.2) is 0 Å². The Bertz CT molecular complexity index is 455. The number of hydrogen-bond donors (Lipinski definition) is 1. The lowest BCUT2D eigenvalue weighted by atomic mass is 10.1. The van der Waals surface area contributed by atoms with E-state index in [1.54, 1.807) is 0 Å². The highest BCUT2D eigenvalue weighted by Gasteiger charge is 2.24. The second-order valence-corrected chi connectivity index (χ2v) is 5.28. The van der Waals surface area contributed by atoms with Gasteiger partial charge in [-0.3, -0.25) is 9.58 Å². The zero-order valence-electron chi connectivity index (χ0n) is 11.2. The molecule has 5 heteroatoms. The van der Waals surface area contributed by atoms with Crippen molar-refractivity contribution in [3.63, 3.8) is 0 Å². The van der Waals surface area contributed by atoms with E-state index >= 15 is 0 Å². The van der Waals surface area contributed by atoms with E-state index in [1.807, 2.05) is 6.20 Å². The maximum absolute atomic E-state index is 9.61. The molecule has 0 saturated carbocycles. The maximum atomic E-state index is 9.61. The van der Waals surface area contributed by atoms with E-state index in [0.29, 0.717) is 0 Å². The molecule has 2 aliphatic heterocycles. The number of aromatic nitrogens is 2. The Morgan fingerprint density at radius 2 is 2.42 bits per heavy atom. The highest BCUT2D eigenvalue weighted by Crippen LogP contribution is 2.19. The van der Waals surface area contributed by atoms with Crippen molar-refractivity contribution in [3.8, 4) is 0 Å². The minimum absolute atomic E-state index is 0.207. The van der Waals surface area contributed by atoms with Gasteiger partial charge in [-0.1, -0.05) is 6.08 Å². The molecule has 0 fully saturated rings. The Morgan fingerprint density at radius 3 is 3.21 bits per heavy atom. The number of aliphatic hydroxyl groups excluding tert-OH is 1. The number of aliphatic hydroxyl groups is 1. The Kier molecular flexibility index (Phi) is 3.96. The van der Waals surface area contributed by atoms with Crippen LogP contribution in [0.2, 0.25) is 0 Å². The van der Waals surface area contributed by atoms with Crippen LogP contribution in [-0.4, -0.2) is 52.2 Å². The molecule has 1 aromatic rings. The van der Waals surface area contributed by atoms with Crippen molar-refractivity contribution < 1.29 is 9.84 Å². The molecule has 1 atom stereocenters. The summed E-state index contributed by atoms with van der Waals surface area (Å²) in [7, 11) is 0. The molecule has 0 spiro atoms. The standard InChI is InChI=1S/C14H21N3O2/c18-10-14-4-6-17-13(3-5-15-17)9-16(14)8-12-2-1-7-19-11-12/h2-3,5,14,18H,1,4,6-11H2/t14-/m0/s1. The molecule has 3 rings (SSSR count). The highest BCUT2D eigenvalue weighted by atomic mass is 16.5. The smallest absolute Gasteiger partial charge is 0.0689 e. The van der Waals surface area contributed by atoms with Crippen molar-refractivity contribution in [1.29, 1.82) is 0 Å². The van der Waals surface area contributed by atoms with E-state index in [1.165, 1.54) is 11.3 Å². The summed E-state index contributed by atoms with van der Waals surface area (Å²) in [4.78, 5) is 2.35. The topological polar surface area (TPSA) is 50.5 Å². The summed E-state index contributed by atoms with van der Waals surface area (Å²) in [6.45, 7) is 4.39. The number of rotatable bonds is 3. The second kappa shape index (κ2) is 5.86. The third kappa shape index (κ3) is 2.88. The predicted molar refractivity (Wildman–Crippen MR) is 71.6 cm³/mol. The Balaban J connectivity index is 1.74. The molecule has 0 bridgehead atoms. The number of aryl methyl sites for hydroxylation is 1. The van der Waals surface area contributed by atoms with E-state index in [4.69, 9.17) is 4.74 Å². The van der Waals surface area contributed by atoms with Crippen LogP contribution in [0.3, 0.4) is 0 Å². The Hall–Kier alpha value is -1.17. The molecule has 0 radical (unpaired) electrons. The molecule has 0 unspecified atom stereocenters. The first-order chi connectivity index (χ1) is 9.36. The molecule has 1 aromatic heterocycles. The van der Waals surface area contributed by atoms with Gasteiger partial charge in [0.1, 0.15) is 0 Å². The van der Waals surface area contributed by atoms with E-state index in [9.17, 15) is 5.11 Å². The number of ether oxygens (including phenoxy) is 1. The summed E-state index contributed by atoms with van der Waals surface area (Å²) in [5.74, 6) is 0. The van der Waals surface area contributed by atoms with Crippen LogP contribution in [0.1, 0.15) is 18.5 Å². The van der Waals surface area contributed by atoms with Crippen LogP contribution in [0.5, 0.6) is 0 Å². The van der Waals surface area contributed by atoms with Crippen LogP contribution in [0, 0.1) is 0 Å². The SMILES string of the molecule is OC[C@@H]1CCn2nccc2CN1CC1=CCCOC1. The lowest BCUT2D eigenvalue weighted by molar-refractivity contribution is 0.106. The van der Waals surface area contributed by atoms with Gasteiger partial charge in [0, 0.05) is 31.9 Å².